The predicted octanol–water partition coefficient (Wildman–Crippen LogP) is 2.70. The number of hydrogen-bond donors (Lipinski definition) is 2. The number of thioether (sulfide) groups is 1. The number of amides is 3. The minimum atomic E-state index is -1.62. The van der Waals surface area contributed by atoms with E-state index in [0.717, 1.165) is 11.3 Å². The number of hydrogen-bond acceptors (Lipinski definition) is 13. The highest BCUT2D eigenvalue weighted by molar-refractivity contribution is 8.00. The summed E-state index contributed by atoms with van der Waals surface area (Å²) < 4.78 is 15.5. The quantitative estimate of drug-likeness (QED) is 0.0977. The van der Waals surface area contributed by atoms with Gasteiger partial charge in [0.2, 0.25) is 5.60 Å². The zero-order valence-electron chi connectivity index (χ0n) is 26.7. The second-order valence-electron chi connectivity index (χ2n) is 12.5. The number of nitrogens with one attached hydrogen (secondary N) is 2. The van der Waals surface area contributed by atoms with Crippen LogP contribution in [0.4, 0.5) is 9.93 Å². The summed E-state index contributed by atoms with van der Waals surface area (Å²) in [6.07, 6.45) is -0.761. The molecule has 0 radical (unpaired) electrons. The summed E-state index contributed by atoms with van der Waals surface area (Å²) in [7, 11) is 1.20. The number of carbonyl (C=O) groups excluding carboxylic acids is 5. The molecule has 2 aliphatic heterocycles. The fourth-order valence-corrected chi connectivity index (χ4v) is 6.53. The minimum absolute atomic E-state index is 0.0111. The number of aromatic nitrogens is 1. The molecule has 3 heterocycles. The number of anilines is 1. The molecular formula is C27H37BClN5O9S2. The molecule has 0 saturated carbocycles. The van der Waals surface area contributed by atoms with Crippen LogP contribution in [0.15, 0.2) is 21.8 Å². The van der Waals surface area contributed by atoms with Crippen molar-refractivity contribution in [3.05, 3.63) is 22.3 Å². The Labute approximate surface area is 275 Å². The molecule has 14 nitrogen and oxygen atoms in total. The number of oxime groups is 1. The average molecular weight is 686 g/mol. The van der Waals surface area contributed by atoms with Crippen molar-refractivity contribution in [1.29, 1.82) is 0 Å². The molecule has 0 aliphatic carbocycles. The van der Waals surface area contributed by atoms with Crippen LogP contribution in [-0.2, 0) is 38.1 Å². The number of alkyl halides is 1. The maximum atomic E-state index is 13.7. The molecule has 2 aliphatic rings. The lowest BCUT2D eigenvalue weighted by molar-refractivity contribution is -0.179. The third-order valence-electron chi connectivity index (χ3n) is 6.06. The number of carbonyl (C=O) groups is 5. The topological polar surface area (TPSA) is 175 Å². The Kier molecular flexibility index (Phi) is 10.9. The normalized spacial score (nSPS) is 20.5. The van der Waals surface area contributed by atoms with Gasteiger partial charge in [-0.1, -0.05) is 5.16 Å². The first-order valence-corrected chi connectivity index (χ1v) is 16.2. The molecule has 246 valence electrons. The molecule has 0 unspecified atom stereocenters. The van der Waals surface area contributed by atoms with E-state index in [4.69, 9.17) is 30.6 Å². The highest BCUT2D eigenvalue weighted by Crippen LogP contribution is 2.44. The monoisotopic (exact) mass is 685 g/mol. The number of nitrogens with zero attached hydrogens (tertiary/aromatic N) is 3. The van der Waals surface area contributed by atoms with Crippen LogP contribution in [0.2, 0.25) is 0 Å². The van der Waals surface area contributed by atoms with Crippen molar-refractivity contribution in [3.8, 4) is 0 Å². The first-order chi connectivity index (χ1) is 20.7. The summed E-state index contributed by atoms with van der Waals surface area (Å²) in [5, 5.41) is 9.75. The molecule has 1 saturated heterocycles. The highest BCUT2D eigenvalue weighted by Gasteiger charge is 2.56. The largest absolute Gasteiger partial charge is 0.539 e. The molecule has 1 fully saturated rings. The Morgan fingerprint density at radius 3 is 2.27 bits per heavy atom. The molecule has 2 N–H and O–H groups in total. The summed E-state index contributed by atoms with van der Waals surface area (Å²) in [6, 6.07) is -1.05. The Hall–Kier alpha value is -3.31. The lowest BCUT2D eigenvalue weighted by Crippen LogP contribution is -2.71. The molecule has 3 atom stereocenters. The van der Waals surface area contributed by atoms with Gasteiger partial charge in [-0.25, -0.2) is 19.4 Å². The SMILES string of the molecule is BOC(=O)C1=C(CCl)[C@H](C)S[C@@H]2[C@H](NC(=O)/C(=N\OC(C)(C)C(=O)OC(C)(C)C)c3csc(NC(=O)OC(C)(C)C)n3)C(=O)N12. The van der Waals surface area contributed by atoms with Gasteiger partial charge < -0.3 is 24.3 Å². The van der Waals surface area contributed by atoms with E-state index in [1.54, 1.807) is 41.5 Å². The van der Waals surface area contributed by atoms with E-state index in [1.807, 2.05) is 6.92 Å². The third kappa shape index (κ3) is 8.70. The molecule has 3 rings (SSSR count). The first-order valence-electron chi connectivity index (χ1n) is 13.8. The van der Waals surface area contributed by atoms with Gasteiger partial charge in [0.1, 0.15) is 34.0 Å². The second kappa shape index (κ2) is 13.6. The predicted molar refractivity (Wildman–Crippen MR) is 172 cm³/mol. The van der Waals surface area contributed by atoms with Crippen molar-refractivity contribution in [3.63, 3.8) is 0 Å². The molecule has 45 heavy (non-hydrogen) atoms. The summed E-state index contributed by atoms with van der Waals surface area (Å²) in [6.45, 7) is 14.8. The van der Waals surface area contributed by atoms with Gasteiger partial charge in [0, 0.05) is 16.5 Å². The van der Waals surface area contributed by atoms with Gasteiger partial charge in [0.15, 0.2) is 10.8 Å². The molecule has 18 heteroatoms. The van der Waals surface area contributed by atoms with Crippen molar-refractivity contribution >= 4 is 83.4 Å². The molecular weight excluding hydrogens is 649 g/mol. The fraction of sp³-hybridized carbons (Fsp3) is 0.593. The van der Waals surface area contributed by atoms with Gasteiger partial charge in [-0.15, -0.1) is 34.7 Å². The molecule has 1 aromatic heterocycles. The first kappa shape index (κ1) is 36.2. The Morgan fingerprint density at radius 2 is 1.71 bits per heavy atom. The van der Waals surface area contributed by atoms with E-state index in [9.17, 15) is 24.0 Å². The number of fused-ring (bicyclic) bond motifs is 1. The van der Waals surface area contributed by atoms with Gasteiger partial charge >= 0.3 is 26.1 Å². The van der Waals surface area contributed by atoms with Gasteiger partial charge in [-0.2, -0.15) is 0 Å². The van der Waals surface area contributed by atoms with E-state index in [1.165, 1.54) is 43.9 Å². The van der Waals surface area contributed by atoms with Crippen LogP contribution >= 0.6 is 34.7 Å². The average Bonchev–Trinajstić information content (AvgIpc) is 3.36. The van der Waals surface area contributed by atoms with Crippen LogP contribution < -0.4 is 10.6 Å². The highest BCUT2D eigenvalue weighted by atomic mass is 35.5. The van der Waals surface area contributed by atoms with E-state index >= 15 is 0 Å². The number of thiazole rings is 1. The number of esters is 1. The van der Waals surface area contributed by atoms with Crippen molar-refractivity contribution in [2.24, 2.45) is 5.16 Å². The van der Waals surface area contributed by atoms with E-state index in [-0.39, 0.29) is 33.4 Å². The Balaban J connectivity index is 1.91. The summed E-state index contributed by atoms with van der Waals surface area (Å²) in [5.74, 6) is -2.86. The van der Waals surface area contributed by atoms with Gasteiger partial charge in [0.25, 0.3) is 11.8 Å². The lowest BCUT2D eigenvalue weighted by Gasteiger charge is -2.51. The van der Waals surface area contributed by atoms with Crippen molar-refractivity contribution in [1.82, 2.24) is 15.2 Å². The zero-order chi connectivity index (χ0) is 34.1. The third-order valence-corrected chi connectivity index (χ3v) is 8.56. The molecule has 0 aromatic carbocycles. The Bertz CT molecular complexity index is 1430. The number of ether oxygens (including phenoxy) is 2. The number of rotatable bonds is 9. The lowest BCUT2D eigenvalue weighted by atomic mass is 10.0. The summed E-state index contributed by atoms with van der Waals surface area (Å²) in [4.78, 5) is 75.6. The maximum absolute atomic E-state index is 13.7. The van der Waals surface area contributed by atoms with Crippen LogP contribution in [0, 0.1) is 0 Å². The van der Waals surface area contributed by atoms with Crippen molar-refractivity contribution in [2.75, 3.05) is 11.2 Å². The van der Waals surface area contributed by atoms with Gasteiger partial charge in [-0.05, 0) is 67.9 Å². The molecule has 1 aromatic rings. The number of halogens is 1. The van der Waals surface area contributed by atoms with Crippen LogP contribution in [0.3, 0.4) is 0 Å². The summed E-state index contributed by atoms with van der Waals surface area (Å²) >= 11 is 8.41. The van der Waals surface area contributed by atoms with Crippen LogP contribution in [-0.4, -0.2) is 92.8 Å². The number of β-lactam (4-membered cyclic amide) rings is 1. The minimum Gasteiger partial charge on any atom is -0.539 e. The van der Waals surface area contributed by atoms with Gasteiger partial charge in [0.05, 0.1) is 0 Å². The van der Waals surface area contributed by atoms with Gasteiger partial charge in [-0.3, -0.25) is 19.8 Å². The molecule has 0 spiro atoms. The van der Waals surface area contributed by atoms with E-state index < -0.39 is 58.1 Å². The summed E-state index contributed by atoms with van der Waals surface area (Å²) in [5.41, 5.74) is -3.01. The van der Waals surface area contributed by atoms with Crippen molar-refractivity contribution < 1.29 is 42.9 Å². The Morgan fingerprint density at radius 1 is 1.09 bits per heavy atom. The van der Waals surface area contributed by atoms with Crippen LogP contribution in [0.25, 0.3) is 0 Å². The van der Waals surface area contributed by atoms with Crippen molar-refractivity contribution in [2.45, 2.75) is 95.8 Å². The zero-order valence-corrected chi connectivity index (χ0v) is 29.1. The maximum Gasteiger partial charge on any atom is 0.413 e. The molecule has 0 bridgehead atoms. The fourth-order valence-electron chi connectivity index (χ4n) is 3.95. The van der Waals surface area contributed by atoms with E-state index in [0.29, 0.717) is 5.57 Å². The standard InChI is InChI=1S/C27H37BClN5O9S2/c1-12-13(10-29)17(21(37)42-28)34-19(36)16(20(34)45-12)31-18(35)15(33-43-27(8,9)22(38)40-25(2,3)4)14-11-44-23(30-14)32-24(39)41-26(5,6)7/h11-12,16,20H,10,28H2,1-9H3,(H,31,35)(H,30,32,39)/b33-15-/t12-,16+,20+/m0/s1. The van der Waals surface area contributed by atoms with Crippen LogP contribution in [0.5, 0.6) is 0 Å². The van der Waals surface area contributed by atoms with E-state index in [2.05, 4.69) is 20.8 Å². The molecule has 3 amide bonds. The second-order valence-corrected chi connectivity index (χ2v) is 15.1. The smallest absolute Gasteiger partial charge is 0.413 e. The van der Waals surface area contributed by atoms with Crippen LogP contribution in [0.1, 0.15) is 68.0 Å².